The van der Waals surface area contributed by atoms with Crippen molar-refractivity contribution < 1.29 is 9.53 Å². The molecule has 0 saturated carbocycles. The molecule has 0 fully saturated rings. The van der Waals surface area contributed by atoms with Crippen LogP contribution in [-0.2, 0) is 30.9 Å². The number of aromatic nitrogens is 5. The van der Waals surface area contributed by atoms with Gasteiger partial charge in [0, 0.05) is 24.2 Å². The number of aromatic amines is 1. The van der Waals surface area contributed by atoms with Crippen molar-refractivity contribution in [2.24, 2.45) is 0 Å². The van der Waals surface area contributed by atoms with Gasteiger partial charge in [0.05, 0.1) is 11.1 Å². The number of esters is 1. The highest BCUT2D eigenvalue weighted by molar-refractivity contribution is 6.05. The number of hydrogen-bond donors (Lipinski definition) is 1. The van der Waals surface area contributed by atoms with E-state index in [2.05, 4.69) is 15.0 Å². The molecule has 0 radical (unpaired) electrons. The Hall–Kier alpha value is -3.75. The van der Waals surface area contributed by atoms with Crippen LogP contribution in [0.25, 0.3) is 22.1 Å². The average Bonchev–Trinajstić information content (AvgIpc) is 3.21. The molecule has 178 valence electrons. The standard InChI is InChI=1S/C25H29N5O4/c1-5-8-13-30-22-21(23(31)28-25(30)33)29(7-3)19(27-22)14-34-24(32)20-15(4)17(6-2)26-18-12-10-9-11-16(18)20/h9-12H,5-8,13-14H2,1-4H3,(H,28,31,33). The summed E-state index contributed by atoms with van der Waals surface area (Å²) in [5.41, 5.74) is 2.50. The Kier molecular flexibility index (Phi) is 6.63. The zero-order valence-corrected chi connectivity index (χ0v) is 20.0. The number of unbranched alkanes of at least 4 members (excludes halogenated alkanes) is 1. The van der Waals surface area contributed by atoms with Crippen molar-refractivity contribution in [3.05, 3.63) is 67.7 Å². The van der Waals surface area contributed by atoms with E-state index in [4.69, 9.17) is 4.74 Å². The second-order valence-electron chi connectivity index (χ2n) is 8.21. The molecule has 0 aliphatic heterocycles. The van der Waals surface area contributed by atoms with Crippen molar-refractivity contribution in [2.75, 3.05) is 0 Å². The minimum absolute atomic E-state index is 0.125. The van der Waals surface area contributed by atoms with Crippen LogP contribution in [0.3, 0.4) is 0 Å². The van der Waals surface area contributed by atoms with E-state index in [1.54, 1.807) is 4.57 Å². The van der Waals surface area contributed by atoms with Crippen molar-refractivity contribution in [3.8, 4) is 0 Å². The van der Waals surface area contributed by atoms with Crippen LogP contribution >= 0.6 is 0 Å². The van der Waals surface area contributed by atoms with Gasteiger partial charge in [0.2, 0.25) is 0 Å². The third kappa shape index (κ3) is 4.02. The molecule has 1 N–H and O–H groups in total. The smallest absolute Gasteiger partial charge is 0.339 e. The predicted molar refractivity (Wildman–Crippen MR) is 130 cm³/mol. The molecule has 3 heterocycles. The molecule has 4 aromatic rings. The fourth-order valence-electron chi connectivity index (χ4n) is 4.36. The summed E-state index contributed by atoms with van der Waals surface area (Å²) in [5.74, 6) is -0.0586. The summed E-state index contributed by atoms with van der Waals surface area (Å²) < 4.78 is 8.89. The molecular formula is C25H29N5O4. The summed E-state index contributed by atoms with van der Waals surface area (Å²) in [4.78, 5) is 49.9. The summed E-state index contributed by atoms with van der Waals surface area (Å²) >= 11 is 0. The number of para-hydroxylation sites is 1. The van der Waals surface area contributed by atoms with Gasteiger partial charge in [-0.2, -0.15) is 0 Å². The lowest BCUT2D eigenvalue weighted by molar-refractivity contribution is 0.0460. The van der Waals surface area contributed by atoms with E-state index in [1.807, 2.05) is 52.0 Å². The maximum atomic E-state index is 13.3. The van der Waals surface area contributed by atoms with Crippen molar-refractivity contribution >= 4 is 28.0 Å². The number of nitrogens with zero attached hydrogens (tertiary/aromatic N) is 4. The minimum Gasteiger partial charge on any atom is -0.454 e. The first-order chi connectivity index (χ1) is 16.4. The van der Waals surface area contributed by atoms with Gasteiger partial charge < -0.3 is 9.30 Å². The van der Waals surface area contributed by atoms with E-state index in [0.29, 0.717) is 42.1 Å². The number of ether oxygens (including phenoxy) is 1. The number of imidazole rings is 1. The zero-order chi connectivity index (χ0) is 24.4. The highest BCUT2D eigenvalue weighted by Gasteiger charge is 2.22. The van der Waals surface area contributed by atoms with Crippen LogP contribution in [0.15, 0.2) is 33.9 Å². The van der Waals surface area contributed by atoms with Crippen molar-refractivity contribution in [3.63, 3.8) is 0 Å². The average molecular weight is 464 g/mol. The summed E-state index contributed by atoms with van der Waals surface area (Å²) in [5, 5.41) is 0.732. The van der Waals surface area contributed by atoms with Crippen molar-refractivity contribution in [1.82, 2.24) is 24.1 Å². The largest absolute Gasteiger partial charge is 0.454 e. The predicted octanol–water partition coefficient (Wildman–Crippen LogP) is 3.48. The monoisotopic (exact) mass is 463 g/mol. The van der Waals surface area contributed by atoms with E-state index in [1.165, 1.54) is 4.57 Å². The number of aryl methyl sites for hydroxylation is 3. The number of benzene rings is 1. The Labute approximate surface area is 196 Å². The molecule has 0 unspecified atom stereocenters. The minimum atomic E-state index is -0.497. The Morgan fingerprint density at radius 2 is 1.85 bits per heavy atom. The highest BCUT2D eigenvalue weighted by atomic mass is 16.5. The molecule has 1 aromatic carbocycles. The molecular weight excluding hydrogens is 434 g/mol. The van der Waals surface area contributed by atoms with Gasteiger partial charge in [0.25, 0.3) is 5.56 Å². The SMILES string of the molecule is CCCCn1c(=O)[nH]c(=O)c2c1nc(COC(=O)c1c(C)c(CC)nc3ccccc13)n2CC. The van der Waals surface area contributed by atoms with Gasteiger partial charge in [0.15, 0.2) is 11.2 Å². The number of hydrogen-bond acceptors (Lipinski definition) is 6. The highest BCUT2D eigenvalue weighted by Crippen LogP contribution is 2.25. The van der Waals surface area contributed by atoms with E-state index in [9.17, 15) is 14.4 Å². The summed E-state index contributed by atoms with van der Waals surface area (Å²) in [6.07, 6.45) is 2.37. The second kappa shape index (κ2) is 9.62. The fraction of sp³-hybridized carbons (Fsp3) is 0.400. The molecule has 0 aliphatic carbocycles. The number of carbonyl (C=O) groups excluding carboxylic acids is 1. The van der Waals surface area contributed by atoms with Gasteiger partial charge in [0.1, 0.15) is 12.4 Å². The number of carbonyl (C=O) groups is 1. The van der Waals surface area contributed by atoms with Crippen molar-refractivity contribution in [2.45, 2.75) is 66.7 Å². The second-order valence-corrected chi connectivity index (χ2v) is 8.21. The van der Waals surface area contributed by atoms with E-state index in [-0.39, 0.29) is 6.61 Å². The van der Waals surface area contributed by atoms with Gasteiger partial charge in [-0.15, -0.1) is 0 Å². The molecule has 34 heavy (non-hydrogen) atoms. The van der Waals surface area contributed by atoms with Gasteiger partial charge in [-0.05, 0) is 38.3 Å². The molecule has 0 bridgehead atoms. The summed E-state index contributed by atoms with van der Waals surface area (Å²) in [6, 6.07) is 7.49. The molecule has 0 atom stereocenters. The molecule has 9 nitrogen and oxygen atoms in total. The van der Waals surface area contributed by atoms with E-state index >= 15 is 0 Å². The number of fused-ring (bicyclic) bond motifs is 2. The van der Waals surface area contributed by atoms with Crippen LogP contribution in [-0.4, -0.2) is 30.1 Å². The van der Waals surface area contributed by atoms with Gasteiger partial charge >= 0.3 is 11.7 Å². The topological polar surface area (TPSA) is 112 Å². The quantitative estimate of drug-likeness (QED) is 0.401. The lowest BCUT2D eigenvalue weighted by atomic mass is 10.0. The first kappa shape index (κ1) is 23.4. The van der Waals surface area contributed by atoms with Crippen LogP contribution in [0.4, 0.5) is 0 Å². The Bertz CT molecular complexity index is 1500. The molecule has 0 spiro atoms. The van der Waals surface area contributed by atoms with Gasteiger partial charge in [-0.25, -0.2) is 14.6 Å². The number of H-pyrrole nitrogens is 1. The molecule has 3 aromatic heterocycles. The van der Waals surface area contributed by atoms with E-state index in [0.717, 1.165) is 35.0 Å². The molecule has 9 heteroatoms. The first-order valence-electron chi connectivity index (χ1n) is 11.7. The van der Waals surface area contributed by atoms with Crippen LogP contribution in [0.5, 0.6) is 0 Å². The molecule has 0 saturated heterocycles. The zero-order valence-electron chi connectivity index (χ0n) is 20.0. The van der Waals surface area contributed by atoms with Crippen LogP contribution in [0.1, 0.15) is 61.1 Å². The van der Waals surface area contributed by atoms with Gasteiger partial charge in [-0.3, -0.25) is 19.3 Å². The lowest BCUT2D eigenvalue weighted by Gasteiger charge is -2.13. The van der Waals surface area contributed by atoms with E-state index < -0.39 is 17.2 Å². The number of pyridine rings is 1. The third-order valence-electron chi connectivity index (χ3n) is 6.12. The number of nitrogens with one attached hydrogen (secondary N) is 1. The molecule has 0 amide bonds. The maximum absolute atomic E-state index is 13.3. The van der Waals surface area contributed by atoms with Crippen LogP contribution in [0.2, 0.25) is 0 Å². The Morgan fingerprint density at radius 1 is 1.09 bits per heavy atom. The van der Waals surface area contributed by atoms with Crippen LogP contribution in [0, 0.1) is 6.92 Å². The summed E-state index contributed by atoms with van der Waals surface area (Å²) in [6.45, 7) is 8.54. The van der Waals surface area contributed by atoms with Gasteiger partial charge in [-0.1, -0.05) is 38.5 Å². The molecule has 0 aliphatic rings. The third-order valence-corrected chi connectivity index (χ3v) is 6.12. The maximum Gasteiger partial charge on any atom is 0.339 e. The Balaban J connectivity index is 1.74. The lowest BCUT2D eigenvalue weighted by Crippen LogP contribution is -2.31. The van der Waals surface area contributed by atoms with Crippen molar-refractivity contribution in [1.29, 1.82) is 0 Å². The normalized spacial score (nSPS) is 11.4. The fourth-order valence-corrected chi connectivity index (χ4v) is 4.36. The van der Waals surface area contributed by atoms with Crippen LogP contribution < -0.4 is 11.2 Å². The Morgan fingerprint density at radius 3 is 2.56 bits per heavy atom. The summed E-state index contributed by atoms with van der Waals surface area (Å²) in [7, 11) is 0. The molecule has 4 rings (SSSR count). The first-order valence-corrected chi connectivity index (χ1v) is 11.7. The number of rotatable bonds is 8.